The Bertz CT molecular complexity index is 869. The summed E-state index contributed by atoms with van der Waals surface area (Å²) in [4.78, 5) is 34.0. The maximum absolute atomic E-state index is 14.2. The first-order valence-electron chi connectivity index (χ1n) is 7.61. The summed E-state index contributed by atoms with van der Waals surface area (Å²) in [7, 11) is 0. The van der Waals surface area contributed by atoms with Crippen LogP contribution >= 0.6 is 0 Å². The summed E-state index contributed by atoms with van der Waals surface area (Å²) < 4.78 is 26.1. The molecule has 24 heavy (non-hydrogen) atoms. The van der Waals surface area contributed by atoms with Crippen molar-refractivity contribution in [2.75, 3.05) is 13.2 Å². The van der Waals surface area contributed by atoms with Crippen molar-refractivity contribution in [1.29, 1.82) is 0 Å². The van der Waals surface area contributed by atoms with E-state index in [0.29, 0.717) is 11.8 Å². The molecule has 1 aliphatic carbocycles. The van der Waals surface area contributed by atoms with Crippen molar-refractivity contribution in [2.45, 2.75) is 25.8 Å². The minimum absolute atomic E-state index is 0.00207. The number of fused-ring (bicyclic) bond motifs is 1. The van der Waals surface area contributed by atoms with Crippen LogP contribution in [0.4, 0.5) is 4.39 Å². The van der Waals surface area contributed by atoms with Gasteiger partial charge in [0.1, 0.15) is 13.2 Å². The van der Waals surface area contributed by atoms with E-state index >= 15 is 0 Å². The fourth-order valence-electron chi connectivity index (χ4n) is 2.56. The zero-order valence-corrected chi connectivity index (χ0v) is 13.1. The third-order valence-electron chi connectivity index (χ3n) is 3.83. The molecule has 0 aliphatic heterocycles. The zero-order chi connectivity index (χ0) is 17.3. The second kappa shape index (κ2) is 6.43. The zero-order valence-electron chi connectivity index (χ0n) is 13.1. The molecule has 126 valence electrons. The quantitative estimate of drug-likeness (QED) is 0.460. The van der Waals surface area contributed by atoms with Gasteiger partial charge in [0.2, 0.25) is 0 Å². The molecule has 0 amide bonds. The van der Waals surface area contributed by atoms with Crippen molar-refractivity contribution in [1.82, 2.24) is 4.57 Å². The molecule has 0 N–H and O–H groups in total. The average molecular weight is 333 g/mol. The molecule has 3 rings (SSSR count). The molecule has 0 atom stereocenters. The highest BCUT2D eigenvalue weighted by Crippen LogP contribution is 2.37. The van der Waals surface area contributed by atoms with Gasteiger partial charge in [-0.2, -0.15) is 0 Å². The highest BCUT2D eigenvalue weighted by molar-refractivity contribution is 5.87. The third-order valence-corrected chi connectivity index (χ3v) is 3.83. The molecule has 1 aromatic carbocycles. The number of aldehydes is 1. The van der Waals surface area contributed by atoms with Crippen molar-refractivity contribution < 1.29 is 23.5 Å². The van der Waals surface area contributed by atoms with E-state index in [9.17, 15) is 18.8 Å². The van der Waals surface area contributed by atoms with Gasteiger partial charge in [0.15, 0.2) is 23.3 Å². The molecule has 2 aromatic rings. The Hall–Kier alpha value is -2.70. The van der Waals surface area contributed by atoms with Crippen LogP contribution in [0.25, 0.3) is 10.9 Å². The van der Waals surface area contributed by atoms with Crippen LogP contribution in [0.2, 0.25) is 0 Å². The number of benzene rings is 1. The van der Waals surface area contributed by atoms with E-state index in [-0.39, 0.29) is 36.0 Å². The summed E-state index contributed by atoms with van der Waals surface area (Å²) in [5, 5.41) is 0.149. The van der Waals surface area contributed by atoms with Gasteiger partial charge in [-0.15, -0.1) is 0 Å². The number of ether oxygens (including phenoxy) is 2. The number of carbonyl (C=O) groups excluding carboxylic acids is 2. The van der Waals surface area contributed by atoms with E-state index in [2.05, 4.69) is 0 Å². The van der Waals surface area contributed by atoms with Crippen molar-refractivity contribution in [2.24, 2.45) is 0 Å². The number of esters is 1. The number of pyridine rings is 1. The van der Waals surface area contributed by atoms with E-state index in [1.807, 2.05) is 4.57 Å². The molecular formula is C17H16FNO5. The number of carbonyl (C=O) groups is 2. The smallest absolute Gasteiger partial charge is 0.302 e. The Balaban J connectivity index is 1.99. The minimum atomic E-state index is -0.701. The lowest BCUT2D eigenvalue weighted by atomic mass is 10.1. The van der Waals surface area contributed by atoms with Crippen LogP contribution in [0.15, 0.2) is 23.1 Å². The summed E-state index contributed by atoms with van der Waals surface area (Å²) in [5.41, 5.74) is 0.0385. The Labute approximate surface area is 136 Å². The average Bonchev–Trinajstić information content (AvgIpc) is 3.37. The summed E-state index contributed by atoms with van der Waals surface area (Å²) in [5.74, 6) is -1.17. The standard InChI is InChI=1S/C17H16FNO5/c1-10(21)23-4-5-24-16-7-15-13(6-14(16)18)17(22)11(9-20)8-19(15)12-2-3-12/h6-9,12H,2-5H2,1H3. The lowest BCUT2D eigenvalue weighted by molar-refractivity contribution is -0.141. The maximum Gasteiger partial charge on any atom is 0.302 e. The Kier molecular flexibility index (Phi) is 4.33. The molecule has 0 bridgehead atoms. The Morgan fingerprint density at radius 2 is 2.12 bits per heavy atom. The first-order chi connectivity index (χ1) is 11.5. The Morgan fingerprint density at radius 1 is 1.38 bits per heavy atom. The maximum atomic E-state index is 14.2. The van der Waals surface area contributed by atoms with E-state index in [1.165, 1.54) is 19.2 Å². The predicted octanol–water partition coefficient (Wildman–Crippen LogP) is 2.23. The minimum Gasteiger partial charge on any atom is -0.487 e. The molecule has 7 heteroatoms. The molecule has 0 spiro atoms. The van der Waals surface area contributed by atoms with Crippen LogP contribution < -0.4 is 10.2 Å². The number of nitrogens with zero attached hydrogens (tertiary/aromatic N) is 1. The fourth-order valence-corrected chi connectivity index (χ4v) is 2.56. The molecule has 1 saturated carbocycles. The topological polar surface area (TPSA) is 74.6 Å². The van der Waals surface area contributed by atoms with E-state index < -0.39 is 17.2 Å². The lowest BCUT2D eigenvalue weighted by Crippen LogP contribution is -2.15. The molecule has 0 saturated heterocycles. The van der Waals surface area contributed by atoms with Gasteiger partial charge < -0.3 is 14.0 Å². The van der Waals surface area contributed by atoms with Gasteiger partial charge in [0.05, 0.1) is 11.1 Å². The number of aromatic nitrogens is 1. The van der Waals surface area contributed by atoms with Crippen LogP contribution in [0.1, 0.15) is 36.2 Å². The van der Waals surface area contributed by atoms with Gasteiger partial charge in [-0.3, -0.25) is 14.4 Å². The number of rotatable bonds is 6. The second-order valence-electron chi connectivity index (χ2n) is 5.66. The van der Waals surface area contributed by atoms with Crippen LogP contribution in [0.5, 0.6) is 5.75 Å². The van der Waals surface area contributed by atoms with Crippen molar-refractivity contribution in [3.05, 3.63) is 39.9 Å². The van der Waals surface area contributed by atoms with Crippen molar-refractivity contribution in [3.8, 4) is 5.75 Å². The highest BCUT2D eigenvalue weighted by atomic mass is 19.1. The first kappa shape index (κ1) is 16.2. The van der Waals surface area contributed by atoms with Gasteiger partial charge >= 0.3 is 5.97 Å². The molecule has 1 fully saturated rings. The lowest BCUT2D eigenvalue weighted by Gasteiger charge is -2.13. The van der Waals surface area contributed by atoms with Crippen LogP contribution in [0.3, 0.4) is 0 Å². The molecule has 0 radical (unpaired) electrons. The SMILES string of the molecule is CC(=O)OCCOc1cc2c(cc1F)c(=O)c(C=O)cn2C1CC1. The number of hydrogen-bond donors (Lipinski definition) is 0. The van der Waals surface area contributed by atoms with Gasteiger partial charge in [0.25, 0.3) is 0 Å². The molecule has 0 unspecified atom stereocenters. The summed E-state index contributed by atoms with van der Waals surface area (Å²) in [6.45, 7) is 1.28. The van der Waals surface area contributed by atoms with Gasteiger partial charge in [-0.05, 0) is 18.9 Å². The van der Waals surface area contributed by atoms with Gasteiger partial charge in [-0.25, -0.2) is 4.39 Å². The molecule has 1 aromatic heterocycles. The number of hydrogen-bond acceptors (Lipinski definition) is 5. The van der Waals surface area contributed by atoms with E-state index in [0.717, 1.165) is 18.9 Å². The summed E-state index contributed by atoms with van der Waals surface area (Å²) in [6.07, 6.45) is 3.88. The predicted molar refractivity (Wildman–Crippen MR) is 84.0 cm³/mol. The monoisotopic (exact) mass is 333 g/mol. The third kappa shape index (κ3) is 3.15. The Morgan fingerprint density at radius 3 is 2.75 bits per heavy atom. The summed E-state index contributed by atoms with van der Waals surface area (Å²) >= 11 is 0. The highest BCUT2D eigenvalue weighted by Gasteiger charge is 2.26. The van der Waals surface area contributed by atoms with Crippen LogP contribution in [0, 0.1) is 5.82 Å². The largest absolute Gasteiger partial charge is 0.487 e. The van der Waals surface area contributed by atoms with Crippen LogP contribution in [-0.4, -0.2) is 30.0 Å². The van der Waals surface area contributed by atoms with Gasteiger partial charge in [0, 0.05) is 30.6 Å². The fraction of sp³-hybridized carbons (Fsp3) is 0.353. The van der Waals surface area contributed by atoms with Gasteiger partial charge in [-0.1, -0.05) is 0 Å². The van der Waals surface area contributed by atoms with Crippen LogP contribution in [-0.2, 0) is 9.53 Å². The first-order valence-corrected chi connectivity index (χ1v) is 7.61. The second-order valence-corrected chi connectivity index (χ2v) is 5.66. The molecular weight excluding hydrogens is 317 g/mol. The van der Waals surface area contributed by atoms with Crippen molar-refractivity contribution in [3.63, 3.8) is 0 Å². The molecule has 1 aliphatic rings. The molecule has 1 heterocycles. The van der Waals surface area contributed by atoms with Crippen molar-refractivity contribution >= 4 is 23.2 Å². The normalized spacial score (nSPS) is 13.8. The van der Waals surface area contributed by atoms with E-state index in [1.54, 1.807) is 0 Å². The summed E-state index contributed by atoms with van der Waals surface area (Å²) in [6, 6.07) is 2.74. The van der Waals surface area contributed by atoms with E-state index in [4.69, 9.17) is 9.47 Å². The number of halogens is 1. The molecule has 6 nitrogen and oxygen atoms in total.